The summed E-state index contributed by atoms with van der Waals surface area (Å²) in [4.78, 5) is 64.8. The topological polar surface area (TPSA) is 191 Å². The molecule has 1 spiro atoms. The molecule has 330 valence electrons. The van der Waals surface area contributed by atoms with Crippen molar-refractivity contribution in [3.63, 3.8) is 0 Å². The average Bonchev–Trinajstić information content (AvgIpc) is 3.85. The van der Waals surface area contributed by atoms with Gasteiger partial charge in [-0.25, -0.2) is 29.1 Å². The predicted octanol–water partition coefficient (Wildman–Crippen LogP) is 9.82. The number of carbonyl (C=O) groups excluding carboxylic acids is 2. The lowest BCUT2D eigenvalue weighted by Gasteiger charge is -2.35. The van der Waals surface area contributed by atoms with E-state index in [9.17, 15) is 9.59 Å². The van der Waals surface area contributed by atoms with Crippen molar-refractivity contribution in [2.24, 2.45) is 11.3 Å². The van der Waals surface area contributed by atoms with Gasteiger partial charge in [0.05, 0.1) is 35.0 Å². The molecule has 2 bridgehead atoms. The Hall–Kier alpha value is -6.32. The molecule has 4 fully saturated rings. The van der Waals surface area contributed by atoms with Crippen LogP contribution in [0, 0.1) is 11.3 Å². The molecule has 63 heavy (non-hydrogen) atoms. The summed E-state index contributed by atoms with van der Waals surface area (Å²) in [5.41, 5.74) is 4.02. The number of rotatable bonds is 4. The molecule has 5 aromatic rings. The van der Waals surface area contributed by atoms with Gasteiger partial charge in [0.2, 0.25) is 0 Å². The molecular weight excluding hydrogens is 815 g/mol. The number of fused-ring (bicyclic) bond motifs is 6. The summed E-state index contributed by atoms with van der Waals surface area (Å²) in [5.74, 6) is -5.21. The lowest BCUT2D eigenvalue weighted by molar-refractivity contribution is -0.159. The second-order valence-electron chi connectivity index (χ2n) is 19.6. The summed E-state index contributed by atoms with van der Waals surface area (Å²) in [7, 11) is 0. The molecule has 2 amide bonds. The van der Waals surface area contributed by atoms with E-state index >= 15 is 8.78 Å². The molecular formula is C47H50F2N6O8. The van der Waals surface area contributed by atoms with E-state index in [4.69, 9.17) is 34.3 Å². The van der Waals surface area contributed by atoms with Crippen molar-refractivity contribution in [2.45, 2.75) is 115 Å². The lowest BCUT2D eigenvalue weighted by Crippen LogP contribution is -2.43. The molecule has 5 aliphatic rings. The van der Waals surface area contributed by atoms with Crippen LogP contribution in [0.25, 0.3) is 44.5 Å². The summed E-state index contributed by atoms with van der Waals surface area (Å²) >= 11 is 0. The minimum Gasteiger partial charge on any atom is -0.473 e. The van der Waals surface area contributed by atoms with Crippen LogP contribution in [-0.2, 0) is 25.0 Å². The maximum absolute atomic E-state index is 16.5. The van der Waals surface area contributed by atoms with Crippen molar-refractivity contribution >= 4 is 35.2 Å². The monoisotopic (exact) mass is 864 g/mol. The Morgan fingerprint density at radius 3 is 2.02 bits per heavy atom. The number of benzene rings is 3. The zero-order valence-corrected chi connectivity index (χ0v) is 35.9. The van der Waals surface area contributed by atoms with Gasteiger partial charge in [0.25, 0.3) is 5.92 Å². The highest BCUT2D eigenvalue weighted by Gasteiger charge is 2.55. The fourth-order valence-electron chi connectivity index (χ4n) is 9.84. The Morgan fingerprint density at radius 1 is 0.778 bits per heavy atom. The summed E-state index contributed by atoms with van der Waals surface area (Å²) < 4.78 is 44.5. The molecule has 2 unspecified atom stereocenters. The number of ether oxygens (including phenoxy) is 2. The Labute approximate surface area is 362 Å². The predicted molar refractivity (Wildman–Crippen MR) is 227 cm³/mol. The molecule has 2 saturated carbocycles. The van der Waals surface area contributed by atoms with Crippen LogP contribution in [0.15, 0.2) is 60.8 Å². The number of amides is 2. The van der Waals surface area contributed by atoms with Gasteiger partial charge < -0.3 is 29.7 Å². The van der Waals surface area contributed by atoms with Crippen LogP contribution in [0.4, 0.5) is 18.4 Å². The lowest BCUT2D eigenvalue weighted by atomic mass is 9.98. The van der Waals surface area contributed by atoms with Gasteiger partial charge in [0.1, 0.15) is 22.9 Å². The standard InChI is InChI=1S/C45H48F2N6O4.C2H2O4/c1-42(2,3)56-40(54)52-23-44(15-16-44)21-36(52)38-48-22-35(51-38)26-9-13-30-29-12-8-24(18-31(29)45(46,47)32(30)19-26)25-10-14-33-34(20-25)50-39(49-33)37-27-7-11-28(17-27)53(37)41(55)57-43(4,5)6;3-1(4)2(5)6/h8-10,12-14,18-20,22,27-28,36-37H,7,11,15-17,21,23H2,1-6H3,(H,48,51)(H,49,50);(H,3,4)(H,5,6)/t27-,28+,36?,37?;/m1./s1. The van der Waals surface area contributed by atoms with Crippen LogP contribution in [0.2, 0.25) is 0 Å². The zero-order chi connectivity index (χ0) is 45.0. The summed E-state index contributed by atoms with van der Waals surface area (Å²) in [6.07, 6.45) is 6.83. The van der Waals surface area contributed by atoms with Gasteiger partial charge >= 0.3 is 24.1 Å². The smallest absolute Gasteiger partial charge is 0.414 e. The largest absolute Gasteiger partial charge is 0.473 e. The van der Waals surface area contributed by atoms with Crippen molar-refractivity contribution in [3.8, 4) is 33.5 Å². The molecule has 4 heterocycles. The molecule has 4 atom stereocenters. The highest BCUT2D eigenvalue weighted by atomic mass is 19.3. The second kappa shape index (κ2) is 14.6. The summed E-state index contributed by atoms with van der Waals surface area (Å²) in [6.45, 7) is 11.8. The van der Waals surface area contributed by atoms with Crippen LogP contribution < -0.4 is 0 Å². The van der Waals surface area contributed by atoms with Crippen molar-refractivity contribution in [2.75, 3.05) is 6.54 Å². The highest BCUT2D eigenvalue weighted by Crippen LogP contribution is 2.59. The third-order valence-corrected chi connectivity index (χ3v) is 12.8. The minimum absolute atomic E-state index is 0.0356. The number of nitrogens with one attached hydrogen (secondary N) is 2. The molecule has 0 radical (unpaired) electrons. The van der Waals surface area contributed by atoms with Crippen LogP contribution >= 0.6 is 0 Å². The van der Waals surface area contributed by atoms with Gasteiger partial charge in [0, 0.05) is 29.3 Å². The molecule has 2 saturated heterocycles. The quantitative estimate of drug-likeness (QED) is 0.127. The number of aromatic nitrogens is 4. The van der Waals surface area contributed by atoms with Gasteiger partial charge in [-0.15, -0.1) is 0 Å². The van der Waals surface area contributed by atoms with Gasteiger partial charge in [-0.1, -0.05) is 30.3 Å². The van der Waals surface area contributed by atoms with Crippen LogP contribution in [-0.4, -0.2) is 87.9 Å². The molecule has 4 N–H and O–H groups in total. The third-order valence-electron chi connectivity index (χ3n) is 12.8. The number of alkyl halides is 2. The van der Waals surface area contributed by atoms with Gasteiger partial charge in [-0.2, -0.15) is 8.78 Å². The number of carboxylic acid groups (broad SMARTS) is 2. The Bertz CT molecular complexity index is 2680. The molecule has 2 aliphatic heterocycles. The van der Waals surface area contributed by atoms with E-state index in [2.05, 4.69) is 15.0 Å². The molecule has 10 rings (SSSR count). The fraction of sp³-hybridized carbons (Fsp3) is 0.447. The molecule has 3 aromatic carbocycles. The van der Waals surface area contributed by atoms with E-state index in [1.165, 1.54) is 0 Å². The van der Waals surface area contributed by atoms with E-state index in [0.717, 1.165) is 60.9 Å². The number of hydrogen-bond acceptors (Lipinski definition) is 8. The van der Waals surface area contributed by atoms with Crippen molar-refractivity contribution in [1.82, 2.24) is 29.7 Å². The first-order valence-corrected chi connectivity index (χ1v) is 21.3. The van der Waals surface area contributed by atoms with Gasteiger partial charge in [0.15, 0.2) is 0 Å². The molecule has 14 nitrogen and oxygen atoms in total. The van der Waals surface area contributed by atoms with Crippen LogP contribution in [0.3, 0.4) is 0 Å². The number of hydrogen-bond donors (Lipinski definition) is 4. The average molecular weight is 865 g/mol. The van der Waals surface area contributed by atoms with E-state index in [-0.39, 0.29) is 46.9 Å². The Morgan fingerprint density at radius 2 is 1.38 bits per heavy atom. The fourth-order valence-corrected chi connectivity index (χ4v) is 9.84. The first-order valence-electron chi connectivity index (χ1n) is 21.3. The Balaban J connectivity index is 0.000000787. The van der Waals surface area contributed by atoms with E-state index in [1.54, 1.807) is 35.4 Å². The maximum atomic E-state index is 16.5. The SMILES string of the molecule is CC(C)(C)OC(=O)N1CC2(CC2)CC1c1ncc(-c2ccc3c(c2)C(F)(F)c2cc(-c4ccc5nc(C6[C@@H]7CC[C@@H](C7)N6C(=O)OC(C)(C)C)[nH]c5c4)ccc2-3)[nH]1.O=C(O)C(=O)O. The molecule has 3 aliphatic carbocycles. The van der Waals surface area contributed by atoms with E-state index in [1.807, 2.05) is 76.8 Å². The van der Waals surface area contributed by atoms with Crippen molar-refractivity contribution in [3.05, 3.63) is 83.6 Å². The van der Waals surface area contributed by atoms with Crippen LogP contribution in [0.5, 0.6) is 0 Å². The first-order chi connectivity index (χ1) is 29.6. The second-order valence-corrected chi connectivity index (χ2v) is 19.6. The first kappa shape index (κ1) is 42.0. The number of aromatic amines is 2. The van der Waals surface area contributed by atoms with Crippen molar-refractivity contribution < 1.29 is 47.6 Å². The number of aliphatic carboxylic acids is 2. The van der Waals surface area contributed by atoms with Gasteiger partial charge in [-0.05, 0) is 138 Å². The number of nitrogens with zero attached hydrogens (tertiary/aromatic N) is 4. The summed E-state index contributed by atoms with van der Waals surface area (Å²) in [5, 5.41) is 14.8. The number of halogens is 2. The van der Waals surface area contributed by atoms with E-state index < -0.39 is 29.1 Å². The molecule has 2 aromatic heterocycles. The van der Waals surface area contributed by atoms with Crippen LogP contribution in [0.1, 0.15) is 115 Å². The number of likely N-dealkylation sites (tertiary alicyclic amines) is 2. The van der Waals surface area contributed by atoms with Crippen molar-refractivity contribution in [1.29, 1.82) is 0 Å². The Kier molecular flexibility index (Phi) is 9.75. The maximum Gasteiger partial charge on any atom is 0.414 e. The third kappa shape index (κ3) is 7.77. The highest BCUT2D eigenvalue weighted by molar-refractivity contribution is 6.27. The number of carboxylic acids is 2. The number of H-pyrrole nitrogens is 2. The molecule has 16 heteroatoms. The zero-order valence-electron chi connectivity index (χ0n) is 35.9. The minimum atomic E-state index is -3.23. The normalized spacial score (nSPS) is 22.4. The summed E-state index contributed by atoms with van der Waals surface area (Å²) in [6, 6.07) is 15.9. The number of piperidine rings is 1. The number of imidazole rings is 2. The van der Waals surface area contributed by atoms with E-state index in [0.29, 0.717) is 46.2 Å². The van der Waals surface area contributed by atoms with Gasteiger partial charge in [-0.3, -0.25) is 9.80 Å². The number of carbonyl (C=O) groups is 4.